The van der Waals surface area contributed by atoms with E-state index in [0.717, 1.165) is 31.5 Å². The van der Waals surface area contributed by atoms with Gasteiger partial charge in [-0.25, -0.2) is 0 Å². The predicted molar refractivity (Wildman–Crippen MR) is 130 cm³/mol. The maximum Gasteiger partial charge on any atom is 0.253 e. The molecule has 34 heavy (non-hydrogen) atoms. The average molecular weight is 464 g/mol. The highest BCUT2D eigenvalue weighted by molar-refractivity contribution is 5.98. The summed E-state index contributed by atoms with van der Waals surface area (Å²) in [6, 6.07) is 14.0. The fraction of sp³-hybridized carbons (Fsp3) is 0.444. The second-order valence-corrected chi connectivity index (χ2v) is 9.21. The van der Waals surface area contributed by atoms with E-state index in [4.69, 9.17) is 4.74 Å². The van der Waals surface area contributed by atoms with Crippen LogP contribution in [0.1, 0.15) is 52.0 Å². The minimum atomic E-state index is -0.582. The van der Waals surface area contributed by atoms with Gasteiger partial charge in [-0.15, -0.1) is 0 Å². The highest BCUT2D eigenvalue weighted by Crippen LogP contribution is 2.25. The molecular formula is C27H33N3O4. The van der Waals surface area contributed by atoms with Crippen molar-refractivity contribution in [1.29, 1.82) is 0 Å². The zero-order chi connectivity index (χ0) is 24.1. The van der Waals surface area contributed by atoms with Crippen molar-refractivity contribution >= 4 is 17.7 Å². The van der Waals surface area contributed by atoms with Gasteiger partial charge in [-0.05, 0) is 68.9 Å². The zero-order valence-corrected chi connectivity index (χ0v) is 20.0. The van der Waals surface area contributed by atoms with Crippen molar-refractivity contribution in [2.24, 2.45) is 5.92 Å². The van der Waals surface area contributed by atoms with Gasteiger partial charge in [0.2, 0.25) is 5.91 Å². The number of nitrogens with zero attached hydrogens (tertiary/aromatic N) is 2. The van der Waals surface area contributed by atoms with Gasteiger partial charge in [-0.1, -0.05) is 23.8 Å². The van der Waals surface area contributed by atoms with E-state index >= 15 is 0 Å². The molecule has 1 N–H and O–H groups in total. The third-order valence-electron chi connectivity index (χ3n) is 6.90. The van der Waals surface area contributed by atoms with E-state index in [-0.39, 0.29) is 23.6 Å². The third-order valence-corrected chi connectivity index (χ3v) is 6.90. The topological polar surface area (TPSA) is 79.0 Å². The Hall–Kier alpha value is -3.35. The van der Waals surface area contributed by atoms with E-state index in [1.165, 1.54) is 0 Å². The Morgan fingerprint density at radius 3 is 2.24 bits per heavy atom. The van der Waals surface area contributed by atoms with Crippen LogP contribution in [-0.2, 0) is 4.79 Å². The summed E-state index contributed by atoms with van der Waals surface area (Å²) in [5.74, 6) is 0.360. The van der Waals surface area contributed by atoms with E-state index in [0.29, 0.717) is 42.8 Å². The van der Waals surface area contributed by atoms with Gasteiger partial charge < -0.3 is 19.9 Å². The van der Waals surface area contributed by atoms with Crippen LogP contribution in [0.25, 0.3) is 0 Å². The molecule has 0 radical (unpaired) electrons. The van der Waals surface area contributed by atoms with Crippen molar-refractivity contribution in [3.8, 4) is 5.75 Å². The van der Waals surface area contributed by atoms with E-state index in [1.807, 2.05) is 41.0 Å². The lowest BCUT2D eigenvalue weighted by Gasteiger charge is -2.37. The molecule has 3 amide bonds. The van der Waals surface area contributed by atoms with E-state index in [1.54, 1.807) is 31.4 Å². The first-order valence-corrected chi connectivity index (χ1v) is 12.1. The first-order chi connectivity index (χ1) is 16.5. The molecule has 7 nitrogen and oxygen atoms in total. The lowest BCUT2D eigenvalue weighted by atomic mass is 9.88. The Labute approximate surface area is 201 Å². The molecule has 2 aromatic rings. The molecule has 180 valence electrons. The molecule has 0 aromatic heterocycles. The minimum absolute atomic E-state index is 0.00414. The number of carbonyl (C=O) groups is 3. The number of benzene rings is 2. The van der Waals surface area contributed by atoms with Crippen LogP contribution in [0, 0.1) is 12.8 Å². The molecule has 7 heteroatoms. The molecule has 0 spiro atoms. The highest BCUT2D eigenvalue weighted by atomic mass is 16.5. The number of piperidine rings is 1. The second-order valence-electron chi connectivity index (χ2n) is 9.21. The van der Waals surface area contributed by atoms with Crippen LogP contribution in [0.3, 0.4) is 0 Å². The number of likely N-dealkylation sites (tertiary alicyclic amines) is 2. The molecule has 4 rings (SSSR count). The molecular weight excluding hydrogens is 430 g/mol. The van der Waals surface area contributed by atoms with Gasteiger partial charge in [0, 0.05) is 37.3 Å². The number of aryl methyl sites for hydroxylation is 1. The third kappa shape index (κ3) is 5.41. The monoisotopic (exact) mass is 463 g/mol. The summed E-state index contributed by atoms with van der Waals surface area (Å²) in [4.78, 5) is 43.1. The molecule has 2 aliphatic heterocycles. The van der Waals surface area contributed by atoms with Crippen LogP contribution in [0.4, 0.5) is 0 Å². The molecule has 0 aliphatic carbocycles. The van der Waals surface area contributed by atoms with Crippen LogP contribution < -0.4 is 10.1 Å². The molecule has 2 fully saturated rings. The van der Waals surface area contributed by atoms with Crippen molar-refractivity contribution in [1.82, 2.24) is 15.1 Å². The summed E-state index contributed by atoms with van der Waals surface area (Å²) in [5.41, 5.74) is 2.22. The summed E-state index contributed by atoms with van der Waals surface area (Å²) >= 11 is 0. The summed E-state index contributed by atoms with van der Waals surface area (Å²) < 4.78 is 5.24. The van der Waals surface area contributed by atoms with Crippen LogP contribution in [0.15, 0.2) is 48.5 Å². The zero-order valence-electron chi connectivity index (χ0n) is 20.0. The molecule has 2 aliphatic rings. The molecule has 2 heterocycles. The SMILES string of the molecule is COc1cccc(C(=O)N2CCC([C@@H](NC(=O)c3ccc(C)cc3)C(=O)N3CCCC3)CC2)c1. The van der Waals surface area contributed by atoms with Crippen LogP contribution in [0.5, 0.6) is 5.75 Å². The number of rotatable bonds is 6. The first-order valence-electron chi connectivity index (χ1n) is 12.1. The average Bonchev–Trinajstić information content (AvgIpc) is 3.42. The van der Waals surface area contributed by atoms with Crippen molar-refractivity contribution < 1.29 is 19.1 Å². The van der Waals surface area contributed by atoms with Crippen molar-refractivity contribution in [2.75, 3.05) is 33.3 Å². The molecule has 2 aromatic carbocycles. The van der Waals surface area contributed by atoms with E-state index in [2.05, 4.69) is 5.32 Å². The fourth-order valence-corrected chi connectivity index (χ4v) is 4.82. The number of amides is 3. The summed E-state index contributed by atoms with van der Waals surface area (Å²) in [5, 5.41) is 3.04. The van der Waals surface area contributed by atoms with Gasteiger partial charge in [0.25, 0.3) is 11.8 Å². The van der Waals surface area contributed by atoms with Gasteiger partial charge in [0.15, 0.2) is 0 Å². The largest absolute Gasteiger partial charge is 0.497 e. The lowest BCUT2D eigenvalue weighted by Crippen LogP contribution is -2.54. The minimum Gasteiger partial charge on any atom is -0.497 e. The number of hydrogen-bond acceptors (Lipinski definition) is 4. The van der Waals surface area contributed by atoms with Crippen molar-refractivity contribution in [3.05, 3.63) is 65.2 Å². The van der Waals surface area contributed by atoms with Gasteiger partial charge in [0.05, 0.1) is 7.11 Å². The maximum atomic E-state index is 13.4. The molecule has 1 atom stereocenters. The van der Waals surface area contributed by atoms with Gasteiger partial charge in [0.1, 0.15) is 11.8 Å². The number of hydrogen-bond donors (Lipinski definition) is 1. The molecule has 2 saturated heterocycles. The fourth-order valence-electron chi connectivity index (χ4n) is 4.82. The Morgan fingerprint density at radius 1 is 0.912 bits per heavy atom. The standard InChI is InChI=1S/C27H33N3O4/c1-19-8-10-21(11-9-19)25(31)28-24(27(33)29-14-3-4-15-29)20-12-16-30(17-13-20)26(32)22-6-5-7-23(18-22)34-2/h5-11,18,20,24H,3-4,12-17H2,1-2H3,(H,28,31)/t24-/m1/s1. The van der Waals surface area contributed by atoms with Crippen LogP contribution >= 0.6 is 0 Å². The molecule has 0 bridgehead atoms. The summed E-state index contributed by atoms with van der Waals surface area (Å²) in [6.07, 6.45) is 3.32. The predicted octanol–water partition coefficient (Wildman–Crippen LogP) is 3.28. The Kier molecular flexibility index (Phi) is 7.50. The van der Waals surface area contributed by atoms with Gasteiger partial charge >= 0.3 is 0 Å². The van der Waals surface area contributed by atoms with Gasteiger partial charge in [-0.2, -0.15) is 0 Å². The number of nitrogens with one attached hydrogen (secondary N) is 1. The van der Waals surface area contributed by atoms with E-state index < -0.39 is 6.04 Å². The smallest absolute Gasteiger partial charge is 0.253 e. The maximum absolute atomic E-state index is 13.4. The second kappa shape index (κ2) is 10.7. The number of carbonyl (C=O) groups excluding carboxylic acids is 3. The quantitative estimate of drug-likeness (QED) is 0.713. The van der Waals surface area contributed by atoms with E-state index in [9.17, 15) is 14.4 Å². The normalized spacial score (nSPS) is 17.4. The highest BCUT2D eigenvalue weighted by Gasteiger charge is 2.37. The molecule has 0 unspecified atom stereocenters. The Bertz CT molecular complexity index is 1020. The Morgan fingerprint density at radius 2 is 1.59 bits per heavy atom. The first kappa shape index (κ1) is 23.8. The van der Waals surface area contributed by atoms with Gasteiger partial charge in [-0.3, -0.25) is 14.4 Å². The number of ether oxygens (including phenoxy) is 1. The molecule has 0 saturated carbocycles. The van der Waals surface area contributed by atoms with Crippen LogP contribution in [0.2, 0.25) is 0 Å². The lowest BCUT2D eigenvalue weighted by molar-refractivity contribution is -0.134. The number of methoxy groups -OCH3 is 1. The Balaban J connectivity index is 1.45. The van der Waals surface area contributed by atoms with Crippen molar-refractivity contribution in [3.63, 3.8) is 0 Å². The summed E-state index contributed by atoms with van der Waals surface area (Å²) in [7, 11) is 1.58. The van der Waals surface area contributed by atoms with Crippen molar-refractivity contribution in [2.45, 2.75) is 38.6 Å². The summed E-state index contributed by atoms with van der Waals surface area (Å²) in [6.45, 7) is 4.55. The van der Waals surface area contributed by atoms with Crippen LogP contribution in [-0.4, -0.2) is 66.9 Å².